The van der Waals surface area contributed by atoms with Gasteiger partial charge in [-0.25, -0.2) is 0 Å². The Morgan fingerprint density at radius 2 is 1.82 bits per heavy atom. The van der Waals surface area contributed by atoms with Crippen LogP contribution in [0, 0.1) is 25.7 Å². The Hall–Kier alpha value is -3.43. The summed E-state index contributed by atoms with van der Waals surface area (Å²) in [4.78, 5) is 42.8. The summed E-state index contributed by atoms with van der Waals surface area (Å²) in [6.45, 7) is 6.39. The number of para-hydroxylation sites is 1. The lowest BCUT2D eigenvalue weighted by Gasteiger charge is -2.33. The molecule has 0 radical (unpaired) electrons. The van der Waals surface area contributed by atoms with E-state index in [2.05, 4.69) is 10.6 Å². The zero-order valence-corrected chi connectivity index (χ0v) is 22.0. The molecule has 2 aromatic carbocycles. The van der Waals surface area contributed by atoms with Crippen LogP contribution in [0.3, 0.4) is 0 Å². The first-order chi connectivity index (χ1) is 18.3. The van der Waals surface area contributed by atoms with E-state index in [4.69, 9.17) is 9.47 Å². The van der Waals surface area contributed by atoms with Crippen LogP contribution < -0.4 is 15.4 Å². The van der Waals surface area contributed by atoms with Crippen LogP contribution in [-0.4, -0.2) is 65.2 Å². The topological polar surface area (TPSA) is 117 Å². The van der Waals surface area contributed by atoms with Crippen molar-refractivity contribution >= 4 is 29.1 Å². The van der Waals surface area contributed by atoms with Crippen molar-refractivity contribution in [3.63, 3.8) is 0 Å². The fourth-order valence-electron chi connectivity index (χ4n) is 6.47. The molecule has 3 aliphatic heterocycles. The number of anilines is 2. The largest absolute Gasteiger partial charge is 0.494 e. The Bertz CT molecular complexity index is 1210. The summed E-state index contributed by atoms with van der Waals surface area (Å²) in [5.74, 6) is -1.67. The predicted molar refractivity (Wildman–Crippen MR) is 142 cm³/mol. The molecule has 1 spiro atoms. The highest BCUT2D eigenvalue weighted by Crippen LogP contribution is 2.58. The molecule has 2 aromatic rings. The van der Waals surface area contributed by atoms with Gasteiger partial charge < -0.3 is 30.1 Å². The van der Waals surface area contributed by atoms with E-state index in [0.717, 1.165) is 11.1 Å². The molecule has 3 heterocycles. The highest BCUT2D eigenvalue weighted by molar-refractivity contribution is 6.05. The van der Waals surface area contributed by atoms with Gasteiger partial charge in [0.05, 0.1) is 24.5 Å². The highest BCUT2D eigenvalue weighted by Gasteiger charge is 2.74. The second-order valence-corrected chi connectivity index (χ2v) is 10.4. The van der Waals surface area contributed by atoms with Crippen molar-refractivity contribution in [3.05, 3.63) is 53.6 Å². The Kier molecular flexibility index (Phi) is 7.15. The Morgan fingerprint density at radius 3 is 2.47 bits per heavy atom. The van der Waals surface area contributed by atoms with E-state index >= 15 is 0 Å². The molecule has 9 heteroatoms. The normalized spacial score (nSPS) is 27.4. The van der Waals surface area contributed by atoms with Gasteiger partial charge in [0.1, 0.15) is 17.4 Å². The number of benzene rings is 2. The molecular formula is C29H35N3O6. The van der Waals surface area contributed by atoms with Crippen molar-refractivity contribution in [2.24, 2.45) is 11.8 Å². The van der Waals surface area contributed by atoms with E-state index in [9.17, 15) is 19.5 Å². The number of nitrogens with zero attached hydrogens (tertiary/aromatic N) is 1. The van der Waals surface area contributed by atoms with Crippen LogP contribution in [0.2, 0.25) is 0 Å². The minimum atomic E-state index is -1.08. The fourth-order valence-corrected chi connectivity index (χ4v) is 6.47. The summed E-state index contributed by atoms with van der Waals surface area (Å²) in [6.07, 6.45) is 0.990. The maximum Gasteiger partial charge on any atom is 0.250 e. The van der Waals surface area contributed by atoms with Gasteiger partial charge in [0.15, 0.2) is 0 Å². The number of carbonyl (C=O) groups is 3. The second-order valence-electron chi connectivity index (χ2n) is 10.4. The minimum Gasteiger partial charge on any atom is -0.494 e. The second kappa shape index (κ2) is 10.4. The standard InChI is InChI=1S/C29H35N3O6/c1-4-37-20-11-9-19(10-12-20)30-26(34)22-21-13-14-29(38-21)23(22)28(36)32(15-6-16-33)25(29)27(35)31-24-17(2)7-5-8-18(24)3/h5,7-12,21-23,25,33H,4,6,13-16H2,1-3H3,(H,30,34)(H,31,35)/t21-,22+,23+,25?,29?/m1/s1. The quantitative estimate of drug-likeness (QED) is 0.467. The third-order valence-corrected chi connectivity index (χ3v) is 8.07. The smallest absolute Gasteiger partial charge is 0.250 e. The lowest BCUT2D eigenvalue weighted by atomic mass is 9.70. The van der Waals surface area contributed by atoms with Gasteiger partial charge in [0, 0.05) is 24.5 Å². The molecule has 3 fully saturated rings. The van der Waals surface area contributed by atoms with Crippen molar-refractivity contribution in [3.8, 4) is 5.75 Å². The first kappa shape index (κ1) is 26.2. The lowest BCUT2D eigenvalue weighted by Crippen LogP contribution is -2.53. The van der Waals surface area contributed by atoms with E-state index in [0.29, 0.717) is 43.0 Å². The molecular weight excluding hydrogens is 486 g/mol. The van der Waals surface area contributed by atoms with E-state index in [1.807, 2.05) is 39.0 Å². The summed E-state index contributed by atoms with van der Waals surface area (Å²) in [5, 5.41) is 15.5. The van der Waals surface area contributed by atoms with Crippen molar-refractivity contribution < 1.29 is 29.0 Å². The van der Waals surface area contributed by atoms with Crippen LogP contribution in [0.15, 0.2) is 42.5 Å². The molecule has 2 unspecified atom stereocenters. The van der Waals surface area contributed by atoms with Gasteiger partial charge in [-0.2, -0.15) is 0 Å². The van der Waals surface area contributed by atoms with Crippen LogP contribution in [0.5, 0.6) is 5.75 Å². The van der Waals surface area contributed by atoms with Crippen LogP contribution in [0.4, 0.5) is 11.4 Å². The molecule has 3 N–H and O–H groups in total. The van der Waals surface area contributed by atoms with E-state index in [1.165, 1.54) is 4.90 Å². The highest BCUT2D eigenvalue weighted by atomic mass is 16.5. The number of hydrogen-bond donors (Lipinski definition) is 3. The van der Waals surface area contributed by atoms with Crippen LogP contribution in [0.25, 0.3) is 0 Å². The average molecular weight is 522 g/mol. The third-order valence-electron chi connectivity index (χ3n) is 8.07. The molecule has 5 atom stereocenters. The zero-order valence-electron chi connectivity index (χ0n) is 22.0. The monoisotopic (exact) mass is 521 g/mol. The van der Waals surface area contributed by atoms with Crippen LogP contribution in [-0.2, 0) is 19.1 Å². The summed E-state index contributed by atoms with van der Waals surface area (Å²) >= 11 is 0. The summed E-state index contributed by atoms with van der Waals surface area (Å²) in [5.41, 5.74) is 2.07. The summed E-state index contributed by atoms with van der Waals surface area (Å²) < 4.78 is 11.9. The molecule has 3 aliphatic rings. The number of likely N-dealkylation sites (tertiary alicyclic amines) is 1. The van der Waals surface area contributed by atoms with Gasteiger partial charge in [0.2, 0.25) is 17.7 Å². The number of carbonyl (C=O) groups excluding carboxylic acids is 3. The molecule has 202 valence electrons. The molecule has 38 heavy (non-hydrogen) atoms. The Morgan fingerprint density at radius 1 is 1.11 bits per heavy atom. The van der Waals surface area contributed by atoms with Gasteiger partial charge in [0.25, 0.3) is 0 Å². The maximum absolute atomic E-state index is 13.9. The van der Waals surface area contributed by atoms with E-state index in [-0.39, 0.29) is 30.9 Å². The number of rotatable bonds is 9. The first-order valence-electron chi connectivity index (χ1n) is 13.3. The molecule has 9 nitrogen and oxygen atoms in total. The number of aliphatic hydroxyl groups excluding tert-OH is 1. The van der Waals surface area contributed by atoms with Crippen molar-refractivity contribution in [1.29, 1.82) is 0 Å². The van der Waals surface area contributed by atoms with Gasteiger partial charge in [-0.1, -0.05) is 18.2 Å². The molecule has 0 aliphatic carbocycles. The number of aryl methyl sites for hydroxylation is 2. The number of nitrogens with one attached hydrogen (secondary N) is 2. The Balaban J connectivity index is 1.43. The number of hydrogen-bond acceptors (Lipinski definition) is 6. The molecule has 0 saturated carbocycles. The van der Waals surface area contributed by atoms with Crippen LogP contribution >= 0.6 is 0 Å². The third kappa shape index (κ3) is 4.33. The minimum absolute atomic E-state index is 0.113. The molecule has 3 saturated heterocycles. The van der Waals surface area contributed by atoms with Gasteiger partial charge in [-0.3, -0.25) is 14.4 Å². The zero-order chi connectivity index (χ0) is 27.0. The summed E-state index contributed by atoms with van der Waals surface area (Å²) in [6, 6.07) is 12.0. The van der Waals surface area contributed by atoms with Gasteiger partial charge in [-0.15, -0.1) is 0 Å². The van der Waals surface area contributed by atoms with Crippen molar-refractivity contribution in [2.45, 2.75) is 57.8 Å². The van der Waals surface area contributed by atoms with Crippen LogP contribution in [0.1, 0.15) is 37.3 Å². The van der Waals surface area contributed by atoms with E-state index < -0.39 is 29.6 Å². The Labute approximate surface area is 222 Å². The maximum atomic E-state index is 13.9. The molecule has 0 aromatic heterocycles. The summed E-state index contributed by atoms with van der Waals surface area (Å²) in [7, 11) is 0. The first-order valence-corrected chi connectivity index (χ1v) is 13.3. The SMILES string of the molecule is CCOc1ccc(NC(=O)[C@@H]2[C@H]3C(=O)N(CCCO)C(C(=O)Nc4c(C)cccc4C)C34CC[C@H]2O4)cc1. The number of fused-ring (bicyclic) bond motifs is 1. The molecule has 5 rings (SSSR count). The number of aliphatic hydroxyl groups is 1. The number of amides is 3. The average Bonchev–Trinajstić information content (AvgIpc) is 3.53. The van der Waals surface area contributed by atoms with Gasteiger partial charge in [-0.05, 0) is 75.4 Å². The van der Waals surface area contributed by atoms with E-state index in [1.54, 1.807) is 24.3 Å². The molecule has 3 amide bonds. The van der Waals surface area contributed by atoms with Crippen molar-refractivity contribution in [2.75, 3.05) is 30.4 Å². The van der Waals surface area contributed by atoms with Gasteiger partial charge >= 0.3 is 0 Å². The number of ether oxygens (including phenoxy) is 2. The van der Waals surface area contributed by atoms with Crippen molar-refractivity contribution in [1.82, 2.24) is 4.90 Å². The predicted octanol–water partition coefficient (Wildman–Crippen LogP) is 3.04. The molecule has 2 bridgehead atoms. The lowest BCUT2D eigenvalue weighted by molar-refractivity contribution is -0.139. The fraction of sp³-hybridized carbons (Fsp3) is 0.483.